The molecule has 1 unspecified atom stereocenters. The van der Waals surface area contributed by atoms with Crippen LogP contribution in [0.4, 0.5) is 0 Å². The molecule has 3 heterocycles. The van der Waals surface area contributed by atoms with Crippen molar-refractivity contribution in [2.75, 3.05) is 6.61 Å². The van der Waals surface area contributed by atoms with E-state index in [0.29, 0.717) is 59.0 Å². The molecule has 0 aliphatic carbocycles. The lowest BCUT2D eigenvalue weighted by molar-refractivity contribution is -0.143. The van der Waals surface area contributed by atoms with E-state index in [1.165, 1.54) is 11.3 Å². The van der Waals surface area contributed by atoms with E-state index < -0.39 is 18.1 Å². The van der Waals surface area contributed by atoms with Crippen LogP contribution in [0.15, 0.2) is 121 Å². The highest BCUT2D eigenvalue weighted by atomic mass is 35.5. The van der Waals surface area contributed by atoms with E-state index in [0.717, 1.165) is 49.6 Å². The molecule has 2 aliphatic heterocycles. The molecule has 12 heteroatoms. The van der Waals surface area contributed by atoms with Gasteiger partial charge in [-0.25, -0.2) is 4.79 Å². The number of carboxylic acid groups (broad SMARTS) is 1. The number of nitriles is 1. The Morgan fingerprint density at radius 2 is 1.70 bits per heavy atom. The largest absolute Gasteiger partial charge is 0.489 e. The molecule has 304 valence electrons. The number of carbonyl (C=O) groups is 2. The van der Waals surface area contributed by atoms with Crippen LogP contribution in [0.5, 0.6) is 17.2 Å². The molecular weight excluding hydrogens is 818 g/mol. The van der Waals surface area contributed by atoms with E-state index in [9.17, 15) is 20.0 Å². The van der Waals surface area contributed by atoms with Crippen molar-refractivity contribution < 1.29 is 28.9 Å². The Bertz CT molecular complexity index is 2540. The molecule has 0 saturated carbocycles. The van der Waals surface area contributed by atoms with E-state index in [1.54, 1.807) is 24.3 Å². The van der Waals surface area contributed by atoms with Crippen molar-refractivity contribution >= 4 is 46.4 Å². The van der Waals surface area contributed by atoms with Crippen molar-refractivity contribution in [1.29, 1.82) is 5.26 Å². The molecule has 5 aromatic carbocycles. The monoisotopic (exact) mass is 857 g/mol. The Kier molecular flexibility index (Phi) is 12.4. The van der Waals surface area contributed by atoms with E-state index in [4.69, 9.17) is 37.4 Å². The van der Waals surface area contributed by atoms with Crippen LogP contribution in [0.1, 0.15) is 63.7 Å². The second-order valence-electron chi connectivity index (χ2n) is 14.9. The maximum absolute atomic E-state index is 14.4. The van der Waals surface area contributed by atoms with Crippen molar-refractivity contribution in [3.05, 3.63) is 170 Å². The SMILES string of the molecule is CC[C@@H](c1ccccc1)N1Cc2cc3c(cc2C[C@H]1C(=O)NC(Cc1ccc(-c2ccc(C#N)cc2)s1)C(=O)O)OC[C@H](c1ccc(OCc2ccc(Cl)c(Cl)c2)cc1)O3. The third kappa shape index (κ3) is 9.15. The highest BCUT2D eigenvalue weighted by molar-refractivity contribution is 7.15. The molecule has 0 bridgehead atoms. The van der Waals surface area contributed by atoms with Crippen molar-refractivity contribution in [1.82, 2.24) is 10.2 Å². The highest BCUT2D eigenvalue weighted by Gasteiger charge is 2.39. The number of nitrogens with zero attached hydrogens (tertiary/aromatic N) is 2. The van der Waals surface area contributed by atoms with Gasteiger partial charge in [-0.1, -0.05) is 90.8 Å². The Balaban J connectivity index is 0.993. The fraction of sp³-hybridized carbons (Fsp3) is 0.229. The number of thiophene rings is 1. The molecule has 1 aromatic heterocycles. The summed E-state index contributed by atoms with van der Waals surface area (Å²) in [5.74, 6) is 0.490. The molecule has 4 atom stereocenters. The van der Waals surface area contributed by atoms with Gasteiger partial charge in [0.1, 0.15) is 25.0 Å². The third-order valence-electron chi connectivity index (χ3n) is 11.0. The molecule has 2 N–H and O–H groups in total. The van der Waals surface area contributed by atoms with Crippen LogP contribution in [-0.4, -0.2) is 40.6 Å². The minimum Gasteiger partial charge on any atom is -0.489 e. The molecule has 0 fully saturated rings. The van der Waals surface area contributed by atoms with Gasteiger partial charge in [-0.2, -0.15) is 5.26 Å². The quantitative estimate of drug-likeness (QED) is 0.118. The predicted octanol–water partition coefficient (Wildman–Crippen LogP) is 10.4. The molecule has 60 heavy (non-hydrogen) atoms. The number of carbonyl (C=O) groups excluding carboxylic acids is 1. The number of carboxylic acids is 1. The van der Waals surface area contributed by atoms with Crippen molar-refractivity contribution in [3.63, 3.8) is 0 Å². The molecular formula is C48H41Cl2N3O6S. The molecule has 0 saturated heterocycles. The summed E-state index contributed by atoms with van der Waals surface area (Å²) in [7, 11) is 0. The maximum atomic E-state index is 14.4. The van der Waals surface area contributed by atoms with Gasteiger partial charge in [-0.3, -0.25) is 9.69 Å². The fourth-order valence-corrected chi connectivity index (χ4v) is 9.22. The number of halogens is 2. The van der Waals surface area contributed by atoms with Gasteiger partial charge < -0.3 is 24.6 Å². The number of aliphatic carboxylic acids is 1. The summed E-state index contributed by atoms with van der Waals surface area (Å²) in [6.45, 7) is 3.19. The van der Waals surface area contributed by atoms with Crippen LogP contribution in [0.2, 0.25) is 10.0 Å². The normalized spacial score (nSPS) is 16.8. The van der Waals surface area contributed by atoms with Crippen molar-refractivity contribution in [2.45, 2.75) is 63.6 Å². The molecule has 1 amide bonds. The second kappa shape index (κ2) is 18.2. The average Bonchev–Trinajstić information content (AvgIpc) is 3.75. The molecule has 8 rings (SSSR count). The zero-order valence-electron chi connectivity index (χ0n) is 32.6. The molecule has 6 aromatic rings. The van der Waals surface area contributed by atoms with Gasteiger partial charge in [0.2, 0.25) is 5.91 Å². The number of benzene rings is 5. The Morgan fingerprint density at radius 1 is 0.933 bits per heavy atom. The highest BCUT2D eigenvalue weighted by Crippen LogP contribution is 2.43. The summed E-state index contributed by atoms with van der Waals surface area (Å²) in [5, 5.41) is 23.4. The topological polar surface area (TPSA) is 121 Å². The standard InChI is InChI=1S/C48H41Cl2N3O6S/c1-2-41(31-6-4-3-5-7-31)53-26-35-23-44-43(58-28-45(59-44)32-13-15-36(16-14-32)57-27-30-10-18-38(49)39(50)20-30)22-34(35)21-42(53)47(54)52-40(48(55)56)24-37-17-19-46(60-37)33-11-8-29(25-51)9-12-33/h3-20,22-23,40-42,45H,2,21,24,26-28H2,1H3,(H,52,54)(H,55,56)/t40?,41-,42-,45+/m0/s1. The average molecular weight is 859 g/mol. The van der Waals surface area contributed by atoms with Crippen LogP contribution in [0.3, 0.4) is 0 Å². The van der Waals surface area contributed by atoms with E-state index >= 15 is 0 Å². The van der Waals surface area contributed by atoms with Crippen molar-refractivity contribution in [3.8, 4) is 33.8 Å². The zero-order valence-corrected chi connectivity index (χ0v) is 35.0. The Morgan fingerprint density at radius 3 is 2.42 bits per heavy atom. The summed E-state index contributed by atoms with van der Waals surface area (Å²) >= 11 is 13.7. The van der Waals surface area contributed by atoms with Crippen LogP contribution in [0, 0.1) is 11.3 Å². The summed E-state index contributed by atoms with van der Waals surface area (Å²) in [4.78, 5) is 31.0. The van der Waals surface area contributed by atoms with Crippen LogP contribution in [0.25, 0.3) is 10.4 Å². The first-order valence-electron chi connectivity index (χ1n) is 19.7. The first-order valence-corrected chi connectivity index (χ1v) is 21.3. The smallest absolute Gasteiger partial charge is 0.326 e. The minimum absolute atomic E-state index is 0.107. The number of ether oxygens (including phenoxy) is 3. The number of hydrogen-bond acceptors (Lipinski definition) is 8. The van der Waals surface area contributed by atoms with E-state index in [1.807, 2.05) is 84.9 Å². The fourth-order valence-electron chi connectivity index (χ4n) is 7.84. The lowest BCUT2D eigenvalue weighted by Gasteiger charge is -2.42. The third-order valence-corrected chi connectivity index (χ3v) is 12.9. The van der Waals surface area contributed by atoms with Crippen molar-refractivity contribution in [2.24, 2.45) is 0 Å². The Hall–Kier alpha value is -5.83. The maximum Gasteiger partial charge on any atom is 0.326 e. The molecule has 0 spiro atoms. The summed E-state index contributed by atoms with van der Waals surface area (Å²) in [6, 6.07) is 38.6. The Labute approximate surface area is 362 Å². The number of amides is 1. The van der Waals surface area contributed by atoms with Crippen LogP contribution >= 0.6 is 34.5 Å². The van der Waals surface area contributed by atoms with E-state index in [2.05, 4.69) is 35.3 Å². The molecule has 2 aliphatic rings. The minimum atomic E-state index is -1.13. The molecule has 0 radical (unpaired) electrons. The number of rotatable bonds is 13. The number of nitrogens with one attached hydrogen (secondary N) is 1. The van der Waals surface area contributed by atoms with E-state index in [-0.39, 0.29) is 24.5 Å². The van der Waals surface area contributed by atoms with Crippen LogP contribution < -0.4 is 19.5 Å². The van der Waals surface area contributed by atoms with Gasteiger partial charge in [0, 0.05) is 28.8 Å². The number of fused-ring (bicyclic) bond motifs is 2. The second-order valence-corrected chi connectivity index (χ2v) is 16.9. The van der Waals surface area contributed by atoms with Gasteiger partial charge in [0.05, 0.1) is 27.7 Å². The summed E-state index contributed by atoms with van der Waals surface area (Å²) in [6.07, 6.45) is 0.887. The first kappa shape index (κ1) is 40.9. The number of hydrogen-bond donors (Lipinski definition) is 2. The summed E-state index contributed by atoms with van der Waals surface area (Å²) in [5.41, 5.74) is 6.41. The molecule has 9 nitrogen and oxygen atoms in total. The lowest BCUT2D eigenvalue weighted by Crippen LogP contribution is -2.55. The van der Waals surface area contributed by atoms with Gasteiger partial charge in [-0.15, -0.1) is 11.3 Å². The van der Waals surface area contributed by atoms with Gasteiger partial charge in [0.15, 0.2) is 17.6 Å². The van der Waals surface area contributed by atoms with Crippen LogP contribution in [-0.2, 0) is 35.6 Å². The van der Waals surface area contributed by atoms with Gasteiger partial charge in [0.25, 0.3) is 0 Å². The van der Waals surface area contributed by atoms with Gasteiger partial charge in [-0.05, 0) is 107 Å². The van der Waals surface area contributed by atoms with Gasteiger partial charge >= 0.3 is 5.97 Å². The lowest BCUT2D eigenvalue weighted by atomic mass is 9.89. The summed E-state index contributed by atoms with van der Waals surface area (Å²) < 4.78 is 18.8. The predicted molar refractivity (Wildman–Crippen MR) is 233 cm³/mol. The first-order chi connectivity index (χ1) is 29.1. The zero-order chi connectivity index (χ0) is 41.8.